The fourth-order valence-electron chi connectivity index (χ4n) is 4.88. The van der Waals surface area contributed by atoms with Crippen molar-refractivity contribution in [1.29, 1.82) is 0 Å². The van der Waals surface area contributed by atoms with Crippen LogP contribution in [0.4, 0.5) is 0 Å². The van der Waals surface area contributed by atoms with E-state index in [1.165, 1.54) is 84.0 Å². The van der Waals surface area contributed by atoms with Crippen molar-refractivity contribution in [2.24, 2.45) is 0 Å². The summed E-state index contributed by atoms with van der Waals surface area (Å²) in [4.78, 5) is 21.8. The van der Waals surface area contributed by atoms with Crippen LogP contribution >= 0.6 is 7.82 Å². The summed E-state index contributed by atoms with van der Waals surface area (Å²) < 4.78 is 36.1. The van der Waals surface area contributed by atoms with E-state index in [4.69, 9.17) is 18.5 Å². The molecule has 0 radical (unpaired) electrons. The number of pyridine rings is 1. The molecular weight excluding hydrogens is 505 g/mol. The Balaban J connectivity index is 1.52. The minimum atomic E-state index is -4.39. The van der Waals surface area contributed by atoms with Crippen LogP contribution in [0.1, 0.15) is 116 Å². The Morgan fingerprint density at radius 2 is 1.58 bits per heavy atom. The van der Waals surface area contributed by atoms with Crippen LogP contribution in [0.25, 0.3) is 0 Å². The van der Waals surface area contributed by atoms with E-state index in [1.54, 1.807) is 6.92 Å². The van der Waals surface area contributed by atoms with Crippen molar-refractivity contribution in [3.63, 3.8) is 0 Å². The van der Waals surface area contributed by atoms with Crippen molar-refractivity contribution in [3.8, 4) is 0 Å². The molecule has 0 saturated heterocycles. The number of fused-ring (bicyclic) bond motifs is 2. The quantitative estimate of drug-likeness (QED) is 0.0688. The predicted octanol–water partition coefficient (Wildman–Crippen LogP) is 6.77. The smallest absolute Gasteiger partial charge is 0.458 e. The molecule has 1 N–H and O–H groups in total. The number of carbonyl (C=O) groups is 1. The summed E-state index contributed by atoms with van der Waals surface area (Å²) in [5, 5.41) is 0. The molecule has 2 rings (SSSR count). The predicted molar refractivity (Wildman–Crippen MR) is 148 cm³/mol. The Morgan fingerprint density at radius 3 is 2.13 bits per heavy atom. The van der Waals surface area contributed by atoms with Crippen LogP contribution in [-0.2, 0) is 40.0 Å². The number of hydrogen-bond donors (Lipinski definition) is 1. The Bertz CT molecular complexity index is 852. The van der Waals surface area contributed by atoms with E-state index in [9.17, 15) is 14.3 Å². The van der Waals surface area contributed by atoms with Crippen LogP contribution < -0.4 is 4.57 Å². The van der Waals surface area contributed by atoms with Crippen LogP contribution in [0.3, 0.4) is 0 Å². The number of hydrogen-bond acceptors (Lipinski definition) is 6. The number of phosphoric acid groups is 1. The number of unbranched alkanes of at least 4 members (excludes halogenated alkanes) is 13. The van der Waals surface area contributed by atoms with Crippen molar-refractivity contribution in [2.75, 3.05) is 19.8 Å². The van der Waals surface area contributed by atoms with Gasteiger partial charge in [0.05, 0.1) is 18.8 Å². The number of carbonyl (C=O) groups excluding carboxylic acids is 1. The Kier molecular flexibility index (Phi) is 15.7. The molecule has 0 saturated carbocycles. The lowest BCUT2D eigenvalue weighted by Crippen LogP contribution is -2.37. The molecule has 3 atom stereocenters. The summed E-state index contributed by atoms with van der Waals surface area (Å²) in [6.07, 6.45) is 21.1. The molecule has 2 bridgehead atoms. The van der Waals surface area contributed by atoms with Gasteiger partial charge in [0, 0.05) is 19.6 Å². The number of ether oxygens (including phenoxy) is 2. The fraction of sp³-hybridized carbons (Fsp3) is 0.793. The van der Waals surface area contributed by atoms with Gasteiger partial charge in [-0.3, -0.25) is 13.8 Å². The molecule has 1 aromatic heterocycles. The molecule has 1 aromatic rings. The van der Waals surface area contributed by atoms with Crippen molar-refractivity contribution in [1.82, 2.24) is 0 Å². The number of esters is 1. The van der Waals surface area contributed by atoms with Gasteiger partial charge >= 0.3 is 13.8 Å². The second kappa shape index (κ2) is 18.1. The van der Waals surface area contributed by atoms with Crippen molar-refractivity contribution < 1.29 is 37.3 Å². The third-order valence-corrected chi connectivity index (χ3v) is 8.08. The topological polar surface area (TPSA) is 95.2 Å². The summed E-state index contributed by atoms with van der Waals surface area (Å²) in [7, 11) is -4.39. The molecule has 218 valence electrons. The van der Waals surface area contributed by atoms with Crippen molar-refractivity contribution in [3.05, 3.63) is 30.1 Å². The maximum absolute atomic E-state index is 12.6. The van der Waals surface area contributed by atoms with Crippen LogP contribution in [-0.4, -0.2) is 36.8 Å². The first-order valence-electron chi connectivity index (χ1n) is 14.7. The molecule has 0 spiro atoms. The molecule has 0 aliphatic carbocycles. The summed E-state index contributed by atoms with van der Waals surface area (Å²) in [6.45, 7) is 6.08. The van der Waals surface area contributed by atoms with E-state index < -0.39 is 25.5 Å². The van der Waals surface area contributed by atoms with Gasteiger partial charge in [-0.05, 0) is 19.4 Å². The average molecular weight is 557 g/mol. The summed E-state index contributed by atoms with van der Waals surface area (Å²) in [5.74, 6) is -0.498. The van der Waals surface area contributed by atoms with Gasteiger partial charge in [-0.1, -0.05) is 90.4 Å². The first-order valence-corrected chi connectivity index (χ1v) is 16.2. The number of aromatic nitrogens is 1. The van der Waals surface area contributed by atoms with E-state index in [0.29, 0.717) is 13.2 Å². The third kappa shape index (κ3) is 13.7. The standard InChI is InChI=1S/C29H50NO7P/c1-4-5-6-7-8-9-10-11-12-13-14-15-16-17-21-34-23-28(36-26(2)31)24-35-38(32,33)37-29(3)25-30-20-18-19-27(29)22-30/h18-20,22,28H,4-17,21,23-25H2,1-3H3/p+1. The summed E-state index contributed by atoms with van der Waals surface area (Å²) in [5.41, 5.74) is -0.166. The second-order valence-electron chi connectivity index (χ2n) is 10.8. The Hall–Kier alpha value is -1.31. The van der Waals surface area contributed by atoms with E-state index in [2.05, 4.69) is 6.92 Å². The lowest BCUT2D eigenvalue weighted by Gasteiger charge is -2.25. The maximum atomic E-state index is 12.6. The molecular formula is C29H51NO7P+. The molecule has 3 unspecified atom stereocenters. The summed E-state index contributed by atoms with van der Waals surface area (Å²) in [6, 6.07) is 3.70. The van der Waals surface area contributed by atoms with Gasteiger partial charge in [0.25, 0.3) is 0 Å². The maximum Gasteiger partial charge on any atom is 0.473 e. The summed E-state index contributed by atoms with van der Waals surface area (Å²) >= 11 is 0. The lowest BCUT2D eigenvalue weighted by molar-refractivity contribution is -0.699. The zero-order valence-corrected chi connectivity index (χ0v) is 24.8. The highest BCUT2D eigenvalue weighted by molar-refractivity contribution is 7.47. The van der Waals surface area contributed by atoms with E-state index in [-0.39, 0.29) is 13.2 Å². The van der Waals surface area contributed by atoms with Crippen LogP contribution in [0, 0.1) is 0 Å². The average Bonchev–Trinajstić information content (AvgIpc) is 3.07. The van der Waals surface area contributed by atoms with Gasteiger partial charge < -0.3 is 14.4 Å². The molecule has 2 heterocycles. The van der Waals surface area contributed by atoms with Crippen LogP contribution in [0.2, 0.25) is 0 Å². The van der Waals surface area contributed by atoms with Crippen LogP contribution in [0.15, 0.2) is 24.5 Å². The van der Waals surface area contributed by atoms with Gasteiger partial charge in [-0.2, -0.15) is 0 Å². The van der Waals surface area contributed by atoms with Gasteiger partial charge in [-0.25, -0.2) is 9.13 Å². The van der Waals surface area contributed by atoms with Crippen molar-refractivity contribution in [2.45, 2.75) is 129 Å². The molecule has 38 heavy (non-hydrogen) atoms. The highest BCUT2D eigenvalue weighted by atomic mass is 31.2. The molecule has 8 nitrogen and oxygen atoms in total. The first-order chi connectivity index (χ1) is 18.2. The number of rotatable bonds is 23. The van der Waals surface area contributed by atoms with E-state index >= 15 is 0 Å². The van der Waals surface area contributed by atoms with E-state index in [0.717, 1.165) is 18.4 Å². The monoisotopic (exact) mass is 556 g/mol. The zero-order valence-electron chi connectivity index (χ0n) is 23.9. The molecule has 0 aromatic carbocycles. The zero-order chi connectivity index (χ0) is 27.7. The molecule has 1 aliphatic rings. The minimum Gasteiger partial charge on any atom is -0.458 e. The first kappa shape index (κ1) is 32.9. The second-order valence-corrected chi connectivity index (χ2v) is 12.1. The molecule has 0 amide bonds. The van der Waals surface area contributed by atoms with Gasteiger partial charge in [0.1, 0.15) is 6.10 Å². The fourth-order valence-corrected chi connectivity index (χ4v) is 5.96. The largest absolute Gasteiger partial charge is 0.473 e. The van der Waals surface area contributed by atoms with Gasteiger partial charge in [0.2, 0.25) is 0 Å². The SMILES string of the molecule is CCCCCCCCCCCCCCCCOCC(COP(=O)(O)OC1(C)C[n+]2cccc1c2)OC(C)=O. The van der Waals surface area contributed by atoms with Crippen molar-refractivity contribution >= 4 is 13.8 Å². The minimum absolute atomic E-state index is 0.103. The molecule has 1 aliphatic heterocycles. The Morgan fingerprint density at radius 1 is 1.00 bits per heavy atom. The highest BCUT2D eigenvalue weighted by Gasteiger charge is 2.45. The van der Waals surface area contributed by atoms with E-state index in [1.807, 2.05) is 29.1 Å². The lowest BCUT2D eigenvalue weighted by atomic mass is 10.0. The van der Waals surface area contributed by atoms with Gasteiger partial charge in [-0.15, -0.1) is 0 Å². The molecule has 9 heteroatoms. The number of nitrogens with zero attached hydrogens (tertiary/aromatic N) is 1. The molecule has 0 fully saturated rings. The third-order valence-electron chi connectivity index (χ3n) is 6.97. The highest BCUT2D eigenvalue weighted by Crippen LogP contribution is 2.51. The Labute approximate surface area is 230 Å². The van der Waals surface area contributed by atoms with Gasteiger partial charge in [0.15, 0.2) is 24.5 Å². The van der Waals surface area contributed by atoms with Crippen LogP contribution in [0.5, 0.6) is 0 Å². The number of phosphoric ester groups is 1. The normalized spacial score (nSPS) is 18.8.